The van der Waals surface area contributed by atoms with Crippen LogP contribution in [-0.2, 0) is 5.41 Å². The Labute approximate surface area is 167 Å². The minimum atomic E-state index is 0.0684. The van der Waals surface area contributed by atoms with E-state index in [0.29, 0.717) is 0 Å². The van der Waals surface area contributed by atoms with Crippen LogP contribution in [0.4, 0.5) is 11.6 Å². The Morgan fingerprint density at radius 2 is 2.04 bits per heavy atom. The second-order valence-corrected chi connectivity index (χ2v) is 7.97. The summed E-state index contributed by atoms with van der Waals surface area (Å²) < 4.78 is 5.66. The summed E-state index contributed by atoms with van der Waals surface area (Å²) >= 11 is 0. The molecule has 0 radical (unpaired) electrons. The molecular weight excluding hydrogens is 352 g/mol. The third kappa shape index (κ3) is 3.65. The Kier molecular flexibility index (Phi) is 5.67. The molecule has 6 nitrogen and oxygen atoms in total. The number of para-hydroxylation sites is 1. The van der Waals surface area contributed by atoms with Gasteiger partial charge in [-0.3, -0.25) is 0 Å². The molecule has 0 bridgehead atoms. The molecule has 6 heteroatoms. The zero-order chi connectivity index (χ0) is 19.4. The van der Waals surface area contributed by atoms with Crippen LogP contribution in [0.3, 0.4) is 0 Å². The molecule has 1 aromatic heterocycles. The van der Waals surface area contributed by atoms with Crippen molar-refractivity contribution < 1.29 is 9.84 Å². The van der Waals surface area contributed by atoms with Crippen LogP contribution in [0.15, 0.2) is 36.7 Å². The molecule has 1 saturated heterocycles. The van der Waals surface area contributed by atoms with Crippen molar-refractivity contribution in [2.24, 2.45) is 0 Å². The Morgan fingerprint density at radius 3 is 2.82 bits per heavy atom. The molecule has 0 spiro atoms. The molecule has 150 valence electrons. The lowest BCUT2D eigenvalue weighted by Gasteiger charge is -2.31. The molecule has 1 aromatic carbocycles. The summed E-state index contributed by atoms with van der Waals surface area (Å²) in [6.45, 7) is 1.93. The number of aliphatic hydroxyl groups excluding tert-OH is 1. The average Bonchev–Trinajstić information content (AvgIpc) is 3.42. The lowest BCUT2D eigenvalue weighted by molar-refractivity contribution is 0.266. The highest BCUT2D eigenvalue weighted by atomic mass is 16.5. The molecule has 1 saturated carbocycles. The van der Waals surface area contributed by atoms with Crippen molar-refractivity contribution in [3.8, 4) is 5.75 Å². The van der Waals surface area contributed by atoms with Crippen molar-refractivity contribution in [3.63, 3.8) is 0 Å². The maximum Gasteiger partial charge on any atom is 0.134 e. The van der Waals surface area contributed by atoms with Crippen molar-refractivity contribution >= 4 is 11.6 Å². The highest BCUT2D eigenvalue weighted by Gasteiger charge is 2.37. The summed E-state index contributed by atoms with van der Waals surface area (Å²) in [4.78, 5) is 11.1. The molecule has 2 aliphatic rings. The number of aromatic nitrogens is 2. The van der Waals surface area contributed by atoms with E-state index >= 15 is 0 Å². The summed E-state index contributed by atoms with van der Waals surface area (Å²) in [5, 5.41) is 13.2. The fourth-order valence-corrected chi connectivity index (χ4v) is 4.86. The van der Waals surface area contributed by atoms with Crippen molar-refractivity contribution in [1.29, 1.82) is 0 Å². The predicted octanol–water partition coefficient (Wildman–Crippen LogP) is 3.37. The van der Waals surface area contributed by atoms with Gasteiger partial charge in [-0.1, -0.05) is 31.0 Å². The molecule has 0 amide bonds. The fourth-order valence-electron chi connectivity index (χ4n) is 4.86. The van der Waals surface area contributed by atoms with Gasteiger partial charge in [0.2, 0.25) is 0 Å². The van der Waals surface area contributed by atoms with Gasteiger partial charge in [0, 0.05) is 30.1 Å². The van der Waals surface area contributed by atoms with Crippen molar-refractivity contribution in [3.05, 3.63) is 42.2 Å². The Bertz CT molecular complexity index is 792. The van der Waals surface area contributed by atoms with Crippen LogP contribution in [0.2, 0.25) is 0 Å². The van der Waals surface area contributed by atoms with Gasteiger partial charge in [-0.05, 0) is 31.7 Å². The fraction of sp³-hybridized carbons (Fsp3) is 0.545. The number of methoxy groups -OCH3 is 1. The number of hydrogen-bond acceptors (Lipinski definition) is 6. The number of aliphatic hydroxyl groups is 1. The maximum absolute atomic E-state index is 9.61. The smallest absolute Gasteiger partial charge is 0.134 e. The van der Waals surface area contributed by atoms with Crippen LogP contribution >= 0.6 is 0 Å². The molecular formula is C22H30N4O2. The van der Waals surface area contributed by atoms with Crippen molar-refractivity contribution in [1.82, 2.24) is 9.97 Å². The number of hydrogen-bond donors (Lipinski definition) is 2. The summed E-state index contributed by atoms with van der Waals surface area (Å²) in [6, 6.07) is 10.6. The Morgan fingerprint density at radius 1 is 1.21 bits per heavy atom. The lowest BCUT2D eigenvalue weighted by atomic mass is 9.78. The molecule has 1 atom stereocenters. The molecule has 1 unspecified atom stereocenters. The highest BCUT2D eigenvalue weighted by Crippen LogP contribution is 2.44. The van der Waals surface area contributed by atoms with Gasteiger partial charge in [-0.2, -0.15) is 0 Å². The Balaban J connectivity index is 1.53. The first-order valence-corrected chi connectivity index (χ1v) is 10.3. The first-order chi connectivity index (χ1) is 13.8. The van der Waals surface area contributed by atoms with Crippen LogP contribution in [0, 0.1) is 0 Å². The van der Waals surface area contributed by atoms with E-state index in [1.54, 1.807) is 13.4 Å². The molecule has 1 aliphatic carbocycles. The summed E-state index contributed by atoms with van der Waals surface area (Å²) in [5.41, 5.74) is 1.36. The van der Waals surface area contributed by atoms with E-state index in [9.17, 15) is 5.11 Å². The van der Waals surface area contributed by atoms with E-state index < -0.39 is 0 Å². The summed E-state index contributed by atoms with van der Waals surface area (Å²) in [7, 11) is 1.75. The van der Waals surface area contributed by atoms with Crippen molar-refractivity contribution in [2.45, 2.75) is 50.0 Å². The molecule has 1 aliphatic heterocycles. The zero-order valence-corrected chi connectivity index (χ0v) is 16.6. The molecule has 2 fully saturated rings. The topological polar surface area (TPSA) is 70.5 Å². The third-order valence-corrected chi connectivity index (χ3v) is 6.38. The molecule has 28 heavy (non-hydrogen) atoms. The largest absolute Gasteiger partial charge is 0.496 e. The number of nitrogens with zero attached hydrogens (tertiary/aromatic N) is 3. The maximum atomic E-state index is 9.61. The van der Waals surface area contributed by atoms with Gasteiger partial charge in [-0.25, -0.2) is 9.97 Å². The first-order valence-electron chi connectivity index (χ1n) is 10.3. The number of nitrogens with one attached hydrogen (secondary N) is 1. The van der Waals surface area contributed by atoms with Gasteiger partial charge in [0.1, 0.15) is 23.7 Å². The zero-order valence-electron chi connectivity index (χ0n) is 16.6. The highest BCUT2D eigenvalue weighted by molar-refractivity contribution is 5.51. The van der Waals surface area contributed by atoms with Gasteiger partial charge >= 0.3 is 0 Å². The third-order valence-electron chi connectivity index (χ3n) is 6.38. The summed E-state index contributed by atoms with van der Waals surface area (Å²) in [6.07, 6.45) is 8.50. The minimum absolute atomic E-state index is 0.0684. The first kappa shape index (κ1) is 19.0. The van der Waals surface area contributed by atoms with Gasteiger partial charge in [0.25, 0.3) is 0 Å². The van der Waals surface area contributed by atoms with E-state index in [-0.39, 0.29) is 18.1 Å². The lowest BCUT2D eigenvalue weighted by Crippen LogP contribution is -2.33. The van der Waals surface area contributed by atoms with Gasteiger partial charge in [-0.15, -0.1) is 0 Å². The summed E-state index contributed by atoms with van der Waals surface area (Å²) in [5.74, 6) is 2.71. The number of rotatable bonds is 7. The molecule has 2 heterocycles. The van der Waals surface area contributed by atoms with Crippen molar-refractivity contribution in [2.75, 3.05) is 37.0 Å². The standard InChI is InChI=1S/C22H30N4O2/c1-28-19-9-3-2-8-18(19)22(10-4-5-11-22)15-23-20-13-21(25-16-24-20)26-12-6-7-17(26)14-27/h2-3,8-9,13,16-17,27H,4-7,10-12,14-15H2,1H3,(H,23,24,25). The molecule has 4 rings (SSSR count). The second kappa shape index (κ2) is 8.35. The molecule has 2 aromatic rings. The van der Waals surface area contributed by atoms with Crippen LogP contribution in [0.5, 0.6) is 5.75 Å². The van der Waals surface area contributed by atoms with E-state index in [1.807, 2.05) is 12.1 Å². The molecule has 2 N–H and O–H groups in total. The van der Waals surface area contributed by atoms with E-state index in [2.05, 4.69) is 38.4 Å². The van der Waals surface area contributed by atoms with E-state index in [1.165, 1.54) is 18.4 Å². The second-order valence-electron chi connectivity index (χ2n) is 7.97. The quantitative estimate of drug-likeness (QED) is 0.765. The Hall–Kier alpha value is -2.34. The van der Waals surface area contributed by atoms with Crippen LogP contribution in [0.1, 0.15) is 44.1 Å². The number of benzene rings is 1. The van der Waals surface area contributed by atoms with Gasteiger partial charge in [0.15, 0.2) is 0 Å². The van der Waals surface area contributed by atoms with Gasteiger partial charge in [0.05, 0.1) is 19.8 Å². The normalized spacial score (nSPS) is 21.1. The van der Waals surface area contributed by atoms with E-state index in [0.717, 1.165) is 56.2 Å². The van der Waals surface area contributed by atoms with Crippen LogP contribution in [0.25, 0.3) is 0 Å². The van der Waals surface area contributed by atoms with Gasteiger partial charge < -0.3 is 20.1 Å². The SMILES string of the molecule is COc1ccccc1C1(CNc2cc(N3CCCC3CO)ncn2)CCCC1. The predicted molar refractivity (Wildman–Crippen MR) is 111 cm³/mol. The monoisotopic (exact) mass is 382 g/mol. The van der Waals surface area contributed by atoms with E-state index in [4.69, 9.17) is 4.74 Å². The number of ether oxygens (including phenoxy) is 1. The minimum Gasteiger partial charge on any atom is -0.496 e. The van der Waals surface area contributed by atoms with Crippen LogP contribution < -0.4 is 15.0 Å². The van der Waals surface area contributed by atoms with Crippen LogP contribution in [-0.4, -0.2) is 47.9 Å². The number of anilines is 2. The average molecular weight is 383 g/mol.